The molecule has 0 saturated carbocycles. The second kappa shape index (κ2) is 6.19. The van der Waals surface area contributed by atoms with Crippen LogP contribution >= 0.6 is 0 Å². The summed E-state index contributed by atoms with van der Waals surface area (Å²) in [7, 11) is 0. The molecule has 1 saturated heterocycles. The van der Waals surface area contributed by atoms with Gasteiger partial charge >= 0.3 is 0 Å². The third kappa shape index (κ3) is 3.56. The van der Waals surface area contributed by atoms with E-state index in [4.69, 9.17) is 5.73 Å². The molecule has 0 aliphatic carbocycles. The topological polar surface area (TPSA) is 41.3 Å². The molecule has 0 radical (unpaired) electrons. The Kier molecular flexibility index (Phi) is 4.11. The van der Waals surface area contributed by atoms with E-state index in [1.165, 1.54) is 12.0 Å². The van der Waals surface area contributed by atoms with Crippen LogP contribution in [-0.4, -0.2) is 23.5 Å². The van der Waals surface area contributed by atoms with E-state index in [0.717, 1.165) is 24.5 Å². The van der Waals surface area contributed by atoms with Crippen LogP contribution in [0.25, 0.3) is 0 Å². The maximum absolute atomic E-state index is 5.84. The Morgan fingerprint density at radius 3 is 2.71 bits per heavy atom. The van der Waals surface area contributed by atoms with Crippen molar-refractivity contribution in [1.82, 2.24) is 4.90 Å². The zero-order valence-corrected chi connectivity index (χ0v) is 12.5. The van der Waals surface area contributed by atoms with Crippen molar-refractivity contribution < 1.29 is 0 Å². The summed E-state index contributed by atoms with van der Waals surface area (Å²) in [6.45, 7) is 4.41. The predicted molar refractivity (Wildman–Crippen MR) is 89.2 cm³/mol. The summed E-state index contributed by atoms with van der Waals surface area (Å²) in [5.41, 5.74) is 9.15. The molecule has 2 aromatic carbocycles. The minimum absolute atomic E-state index is 0.491. The van der Waals surface area contributed by atoms with Crippen LogP contribution in [0.4, 0.5) is 11.4 Å². The molecule has 0 bridgehead atoms. The van der Waals surface area contributed by atoms with Gasteiger partial charge < -0.3 is 11.1 Å². The molecule has 3 N–H and O–H groups in total. The highest BCUT2D eigenvalue weighted by Crippen LogP contribution is 2.23. The summed E-state index contributed by atoms with van der Waals surface area (Å²) >= 11 is 0. The first-order valence-electron chi connectivity index (χ1n) is 7.61. The lowest BCUT2D eigenvalue weighted by molar-refractivity contribution is 0.259. The molecule has 3 nitrogen and oxygen atoms in total. The van der Waals surface area contributed by atoms with Gasteiger partial charge in [-0.1, -0.05) is 36.4 Å². The van der Waals surface area contributed by atoms with Gasteiger partial charge in [-0.05, 0) is 37.1 Å². The SMILES string of the molecule is CC1CC(Nc2cccc(N)c2)CN1Cc1ccccc1. The zero-order chi connectivity index (χ0) is 14.7. The predicted octanol–water partition coefficient (Wildman–Crippen LogP) is 3.34. The van der Waals surface area contributed by atoms with E-state index in [1.807, 2.05) is 18.2 Å². The Bertz CT molecular complexity index is 582. The second-order valence-electron chi connectivity index (χ2n) is 5.97. The molecule has 0 spiro atoms. The van der Waals surface area contributed by atoms with Crippen LogP contribution in [0.15, 0.2) is 54.6 Å². The van der Waals surface area contributed by atoms with E-state index in [1.54, 1.807) is 0 Å². The van der Waals surface area contributed by atoms with Gasteiger partial charge in [0.05, 0.1) is 0 Å². The molecule has 1 fully saturated rings. The van der Waals surface area contributed by atoms with Crippen molar-refractivity contribution in [1.29, 1.82) is 0 Å². The molecule has 3 heteroatoms. The first-order valence-corrected chi connectivity index (χ1v) is 7.61. The molecule has 1 heterocycles. The average Bonchev–Trinajstić information content (AvgIpc) is 2.80. The minimum atomic E-state index is 0.491. The number of benzene rings is 2. The van der Waals surface area contributed by atoms with Crippen LogP contribution in [0.3, 0.4) is 0 Å². The average molecular weight is 281 g/mol. The summed E-state index contributed by atoms with van der Waals surface area (Å²) < 4.78 is 0. The van der Waals surface area contributed by atoms with Gasteiger partial charge in [-0.15, -0.1) is 0 Å². The smallest absolute Gasteiger partial charge is 0.0403 e. The molecular formula is C18H23N3. The summed E-state index contributed by atoms with van der Waals surface area (Å²) in [6.07, 6.45) is 1.17. The lowest BCUT2D eigenvalue weighted by atomic mass is 10.1. The van der Waals surface area contributed by atoms with Crippen molar-refractivity contribution in [2.75, 3.05) is 17.6 Å². The number of nitrogens with zero attached hydrogens (tertiary/aromatic N) is 1. The second-order valence-corrected chi connectivity index (χ2v) is 5.97. The van der Waals surface area contributed by atoms with E-state index in [0.29, 0.717) is 12.1 Å². The number of anilines is 2. The molecule has 0 amide bonds. The van der Waals surface area contributed by atoms with Crippen LogP contribution in [-0.2, 0) is 6.54 Å². The number of hydrogen-bond donors (Lipinski definition) is 2. The molecule has 2 aromatic rings. The number of nitrogen functional groups attached to an aromatic ring is 1. The van der Waals surface area contributed by atoms with E-state index < -0.39 is 0 Å². The first kappa shape index (κ1) is 14.0. The van der Waals surface area contributed by atoms with Crippen LogP contribution in [0.1, 0.15) is 18.9 Å². The van der Waals surface area contributed by atoms with Crippen molar-refractivity contribution in [2.24, 2.45) is 0 Å². The Morgan fingerprint density at radius 1 is 1.14 bits per heavy atom. The fourth-order valence-corrected chi connectivity index (χ4v) is 3.11. The lowest BCUT2D eigenvalue weighted by Crippen LogP contribution is -2.28. The van der Waals surface area contributed by atoms with E-state index in [-0.39, 0.29) is 0 Å². The summed E-state index contributed by atoms with van der Waals surface area (Å²) in [5, 5.41) is 3.61. The van der Waals surface area contributed by atoms with E-state index >= 15 is 0 Å². The van der Waals surface area contributed by atoms with Gasteiger partial charge in [-0.25, -0.2) is 0 Å². The van der Waals surface area contributed by atoms with Gasteiger partial charge in [0.2, 0.25) is 0 Å². The number of rotatable bonds is 4. The largest absolute Gasteiger partial charge is 0.399 e. The van der Waals surface area contributed by atoms with Gasteiger partial charge in [0.1, 0.15) is 0 Å². The van der Waals surface area contributed by atoms with Crippen molar-refractivity contribution in [3.8, 4) is 0 Å². The highest BCUT2D eigenvalue weighted by molar-refractivity contribution is 5.54. The summed E-state index contributed by atoms with van der Waals surface area (Å²) in [4.78, 5) is 2.54. The van der Waals surface area contributed by atoms with Gasteiger partial charge in [0, 0.05) is 36.5 Å². The summed E-state index contributed by atoms with van der Waals surface area (Å²) in [6, 6.07) is 19.8. The Morgan fingerprint density at radius 2 is 1.95 bits per heavy atom. The lowest BCUT2D eigenvalue weighted by Gasteiger charge is -2.21. The monoisotopic (exact) mass is 281 g/mol. The van der Waals surface area contributed by atoms with Crippen molar-refractivity contribution in [3.05, 3.63) is 60.2 Å². The van der Waals surface area contributed by atoms with Crippen LogP contribution < -0.4 is 11.1 Å². The maximum Gasteiger partial charge on any atom is 0.0403 e. The van der Waals surface area contributed by atoms with Gasteiger partial charge in [0.15, 0.2) is 0 Å². The minimum Gasteiger partial charge on any atom is -0.399 e. The molecule has 3 rings (SSSR count). The van der Waals surface area contributed by atoms with Crippen molar-refractivity contribution >= 4 is 11.4 Å². The molecule has 110 valence electrons. The van der Waals surface area contributed by atoms with Crippen LogP contribution in [0.2, 0.25) is 0 Å². The Labute approximate surface area is 126 Å². The highest BCUT2D eigenvalue weighted by Gasteiger charge is 2.28. The number of likely N-dealkylation sites (tertiary alicyclic amines) is 1. The normalized spacial score (nSPS) is 22.3. The molecule has 2 unspecified atom stereocenters. The standard InChI is InChI=1S/C18H23N3/c1-14-10-18(20-17-9-5-8-16(19)11-17)13-21(14)12-15-6-3-2-4-7-15/h2-9,11,14,18,20H,10,12-13,19H2,1H3. The molecular weight excluding hydrogens is 258 g/mol. The molecule has 21 heavy (non-hydrogen) atoms. The van der Waals surface area contributed by atoms with E-state index in [9.17, 15) is 0 Å². The maximum atomic E-state index is 5.84. The fourth-order valence-electron chi connectivity index (χ4n) is 3.11. The third-order valence-electron chi connectivity index (χ3n) is 4.19. The summed E-state index contributed by atoms with van der Waals surface area (Å²) in [5.74, 6) is 0. The van der Waals surface area contributed by atoms with Crippen molar-refractivity contribution in [2.45, 2.75) is 32.0 Å². The molecule has 2 atom stereocenters. The molecule has 0 aromatic heterocycles. The quantitative estimate of drug-likeness (QED) is 0.845. The zero-order valence-electron chi connectivity index (χ0n) is 12.5. The highest BCUT2D eigenvalue weighted by atomic mass is 15.2. The van der Waals surface area contributed by atoms with Crippen molar-refractivity contribution in [3.63, 3.8) is 0 Å². The number of nitrogens with two attached hydrogens (primary N) is 1. The van der Waals surface area contributed by atoms with Gasteiger partial charge in [-0.3, -0.25) is 4.90 Å². The van der Waals surface area contributed by atoms with E-state index in [2.05, 4.69) is 53.5 Å². The fraction of sp³-hybridized carbons (Fsp3) is 0.333. The Balaban J connectivity index is 1.61. The Hall–Kier alpha value is -2.00. The van der Waals surface area contributed by atoms with Crippen LogP contribution in [0, 0.1) is 0 Å². The number of hydrogen-bond acceptors (Lipinski definition) is 3. The number of nitrogens with one attached hydrogen (secondary N) is 1. The first-order chi connectivity index (χ1) is 10.2. The third-order valence-corrected chi connectivity index (χ3v) is 4.19. The van der Waals surface area contributed by atoms with Gasteiger partial charge in [0.25, 0.3) is 0 Å². The van der Waals surface area contributed by atoms with Crippen LogP contribution in [0.5, 0.6) is 0 Å². The molecule has 1 aliphatic heterocycles. The molecule has 1 aliphatic rings. The van der Waals surface area contributed by atoms with Gasteiger partial charge in [-0.2, -0.15) is 0 Å².